The number of nitrogens with zero attached hydrogens (tertiary/aromatic N) is 3. The van der Waals surface area contributed by atoms with E-state index in [-0.39, 0.29) is 27.9 Å². The van der Waals surface area contributed by atoms with Crippen LogP contribution in [0.5, 0.6) is 0 Å². The lowest BCUT2D eigenvalue weighted by Crippen LogP contribution is -2.27. The van der Waals surface area contributed by atoms with Crippen LogP contribution in [-0.4, -0.2) is 47.7 Å². The van der Waals surface area contributed by atoms with Crippen molar-refractivity contribution in [2.75, 3.05) is 13.3 Å². The van der Waals surface area contributed by atoms with Crippen LogP contribution >= 0.6 is 11.6 Å². The van der Waals surface area contributed by atoms with Gasteiger partial charge in [0.15, 0.2) is 9.84 Å². The van der Waals surface area contributed by atoms with Gasteiger partial charge in [0.25, 0.3) is 5.91 Å². The van der Waals surface area contributed by atoms with Crippen molar-refractivity contribution in [1.29, 1.82) is 0 Å². The van der Waals surface area contributed by atoms with Crippen LogP contribution in [-0.2, 0) is 16.4 Å². The van der Waals surface area contributed by atoms with E-state index in [1.54, 1.807) is 7.05 Å². The molecule has 0 aliphatic rings. The fourth-order valence-electron chi connectivity index (χ4n) is 1.74. The molecule has 0 radical (unpaired) electrons. The summed E-state index contributed by atoms with van der Waals surface area (Å²) in [4.78, 5) is 17.5. The highest BCUT2D eigenvalue weighted by Gasteiger charge is 2.18. The third-order valence-electron chi connectivity index (χ3n) is 2.78. The zero-order valence-electron chi connectivity index (χ0n) is 11.4. The Morgan fingerprint density at radius 2 is 2.14 bits per heavy atom. The van der Waals surface area contributed by atoms with E-state index in [1.807, 2.05) is 0 Å². The molecule has 1 aromatic heterocycles. The minimum absolute atomic E-state index is 0.0666. The Kier molecular flexibility index (Phi) is 4.29. The Morgan fingerprint density at radius 3 is 2.71 bits per heavy atom. The zero-order valence-corrected chi connectivity index (χ0v) is 12.9. The lowest BCUT2D eigenvalue weighted by atomic mass is 10.2. The molecule has 1 amide bonds. The van der Waals surface area contributed by atoms with Crippen molar-refractivity contribution in [2.24, 2.45) is 0 Å². The van der Waals surface area contributed by atoms with Crippen LogP contribution in [0.15, 0.2) is 29.4 Å². The predicted molar refractivity (Wildman–Crippen MR) is 76.7 cm³/mol. The van der Waals surface area contributed by atoms with Crippen molar-refractivity contribution in [3.63, 3.8) is 0 Å². The van der Waals surface area contributed by atoms with Crippen molar-refractivity contribution in [2.45, 2.75) is 11.4 Å². The highest BCUT2D eigenvalue weighted by molar-refractivity contribution is 7.90. The number of hydrogen-bond donors (Lipinski definition) is 1. The molecule has 9 heteroatoms. The molecule has 0 spiro atoms. The van der Waals surface area contributed by atoms with Gasteiger partial charge in [0.1, 0.15) is 12.2 Å². The van der Waals surface area contributed by atoms with E-state index in [1.165, 1.54) is 29.4 Å². The van der Waals surface area contributed by atoms with Gasteiger partial charge in [0, 0.05) is 18.9 Å². The maximum absolute atomic E-state index is 12.3. The normalized spacial score (nSPS) is 11.4. The summed E-state index contributed by atoms with van der Waals surface area (Å²) >= 11 is 5.85. The molecule has 0 bridgehead atoms. The second-order valence-corrected chi connectivity index (χ2v) is 6.90. The lowest BCUT2D eigenvalue weighted by molar-refractivity contribution is 0.0781. The van der Waals surface area contributed by atoms with Crippen LogP contribution in [0.3, 0.4) is 0 Å². The molecule has 1 heterocycles. The average molecular weight is 329 g/mol. The number of H-pyrrole nitrogens is 1. The van der Waals surface area contributed by atoms with E-state index in [0.717, 1.165) is 6.26 Å². The maximum Gasteiger partial charge on any atom is 0.254 e. The summed E-state index contributed by atoms with van der Waals surface area (Å²) in [7, 11) is -1.91. The Labute approximate surface area is 126 Å². The molecule has 2 rings (SSSR count). The SMILES string of the molecule is CN(Cc1ncn[nH]1)C(=O)c1ccc(Cl)c(S(C)(=O)=O)c1. The highest BCUT2D eigenvalue weighted by Crippen LogP contribution is 2.23. The van der Waals surface area contributed by atoms with E-state index < -0.39 is 9.84 Å². The van der Waals surface area contributed by atoms with Crippen molar-refractivity contribution < 1.29 is 13.2 Å². The Balaban J connectivity index is 2.27. The van der Waals surface area contributed by atoms with Crippen LogP contribution in [0.25, 0.3) is 0 Å². The van der Waals surface area contributed by atoms with Crippen LogP contribution in [0.2, 0.25) is 5.02 Å². The van der Waals surface area contributed by atoms with Gasteiger partial charge in [-0.2, -0.15) is 5.10 Å². The Morgan fingerprint density at radius 1 is 1.43 bits per heavy atom. The fraction of sp³-hybridized carbons (Fsp3) is 0.250. The molecule has 0 aliphatic heterocycles. The van der Waals surface area contributed by atoms with E-state index in [2.05, 4.69) is 15.2 Å². The summed E-state index contributed by atoms with van der Waals surface area (Å²) in [6.45, 7) is 0.232. The summed E-state index contributed by atoms with van der Waals surface area (Å²) in [5.41, 5.74) is 0.238. The first-order valence-corrected chi connectivity index (χ1v) is 8.15. The molecular weight excluding hydrogens is 316 g/mol. The number of aromatic amines is 1. The standard InChI is InChI=1S/C12H13ClN4O3S/c1-17(6-11-14-7-15-16-11)12(18)8-3-4-9(13)10(5-8)21(2,19)20/h3-5,7H,6H2,1-2H3,(H,14,15,16). The number of rotatable bonds is 4. The molecule has 1 N–H and O–H groups in total. The van der Waals surface area contributed by atoms with E-state index in [4.69, 9.17) is 11.6 Å². The first-order chi connectivity index (χ1) is 9.79. The zero-order chi connectivity index (χ0) is 15.6. The monoisotopic (exact) mass is 328 g/mol. The number of benzene rings is 1. The molecule has 2 aromatic rings. The quantitative estimate of drug-likeness (QED) is 0.907. The van der Waals surface area contributed by atoms with Crippen molar-refractivity contribution in [3.8, 4) is 0 Å². The largest absolute Gasteiger partial charge is 0.334 e. The maximum atomic E-state index is 12.3. The molecule has 0 fully saturated rings. The third kappa shape index (κ3) is 3.59. The smallest absolute Gasteiger partial charge is 0.254 e. The minimum Gasteiger partial charge on any atom is -0.334 e. The molecule has 0 saturated carbocycles. The molecule has 0 atom stereocenters. The summed E-state index contributed by atoms with van der Waals surface area (Å²) in [5.74, 6) is 0.191. The number of halogens is 1. The minimum atomic E-state index is -3.50. The first-order valence-electron chi connectivity index (χ1n) is 5.88. The van der Waals surface area contributed by atoms with E-state index in [0.29, 0.717) is 5.82 Å². The number of nitrogens with one attached hydrogen (secondary N) is 1. The highest BCUT2D eigenvalue weighted by atomic mass is 35.5. The second-order valence-electron chi connectivity index (χ2n) is 4.51. The van der Waals surface area contributed by atoms with Crippen LogP contribution < -0.4 is 0 Å². The van der Waals surface area contributed by atoms with Crippen molar-refractivity contribution in [3.05, 3.63) is 40.9 Å². The van der Waals surface area contributed by atoms with Crippen LogP contribution in [0, 0.1) is 0 Å². The van der Waals surface area contributed by atoms with Crippen LogP contribution in [0.1, 0.15) is 16.2 Å². The topological polar surface area (TPSA) is 96.0 Å². The van der Waals surface area contributed by atoms with Crippen molar-refractivity contribution >= 4 is 27.3 Å². The number of hydrogen-bond acceptors (Lipinski definition) is 5. The molecule has 7 nitrogen and oxygen atoms in total. The number of amides is 1. The van der Waals surface area contributed by atoms with Gasteiger partial charge in [-0.15, -0.1) is 0 Å². The van der Waals surface area contributed by atoms with Gasteiger partial charge in [-0.05, 0) is 18.2 Å². The lowest BCUT2D eigenvalue weighted by Gasteiger charge is -2.16. The molecule has 0 saturated heterocycles. The number of sulfone groups is 1. The first kappa shape index (κ1) is 15.5. The van der Waals surface area contributed by atoms with E-state index in [9.17, 15) is 13.2 Å². The van der Waals surface area contributed by atoms with Gasteiger partial charge < -0.3 is 4.90 Å². The average Bonchev–Trinajstić information content (AvgIpc) is 2.90. The number of aromatic nitrogens is 3. The van der Waals surface area contributed by atoms with Crippen LogP contribution in [0.4, 0.5) is 0 Å². The van der Waals surface area contributed by atoms with Crippen molar-refractivity contribution in [1.82, 2.24) is 20.1 Å². The predicted octanol–water partition coefficient (Wildman–Crippen LogP) is 1.13. The summed E-state index contributed by atoms with van der Waals surface area (Å²) in [5, 5.41) is 6.43. The Bertz CT molecular complexity index is 759. The van der Waals surface area contributed by atoms with Gasteiger partial charge in [0.05, 0.1) is 16.5 Å². The van der Waals surface area contributed by atoms with Gasteiger partial charge in [-0.1, -0.05) is 11.6 Å². The molecule has 112 valence electrons. The third-order valence-corrected chi connectivity index (χ3v) is 4.35. The van der Waals surface area contributed by atoms with Gasteiger partial charge >= 0.3 is 0 Å². The van der Waals surface area contributed by atoms with Gasteiger partial charge in [-0.25, -0.2) is 13.4 Å². The van der Waals surface area contributed by atoms with E-state index >= 15 is 0 Å². The molecule has 0 aliphatic carbocycles. The summed E-state index contributed by atoms with van der Waals surface area (Å²) in [6, 6.07) is 4.15. The Hall–Kier alpha value is -1.93. The fourth-order valence-corrected chi connectivity index (χ4v) is 3.05. The van der Waals surface area contributed by atoms with Gasteiger partial charge in [0.2, 0.25) is 0 Å². The summed E-state index contributed by atoms with van der Waals surface area (Å²) < 4.78 is 23.2. The summed E-state index contributed by atoms with van der Waals surface area (Å²) in [6.07, 6.45) is 2.39. The molecule has 21 heavy (non-hydrogen) atoms. The number of carbonyl (C=O) groups is 1. The number of carbonyl (C=O) groups excluding carboxylic acids is 1. The molecular formula is C12H13ClN4O3S. The second kappa shape index (κ2) is 5.82. The molecule has 1 aromatic carbocycles. The molecule has 0 unspecified atom stereocenters. The van der Waals surface area contributed by atoms with Gasteiger partial charge in [-0.3, -0.25) is 9.89 Å².